The fraction of sp³-hybridized carbons (Fsp3) is 0.286. The first kappa shape index (κ1) is 14.8. The number of ether oxygens (including phenoxy) is 1. The van der Waals surface area contributed by atoms with Gasteiger partial charge in [-0.1, -0.05) is 17.7 Å². The lowest BCUT2D eigenvalue weighted by molar-refractivity contribution is 0.0878. The summed E-state index contributed by atoms with van der Waals surface area (Å²) < 4.78 is 37.2. The van der Waals surface area contributed by atoms with Crippen LogP contribution in [0.2, 0.25) is 0 Å². The third-order valence-corrected chi connectivity index (χ3v) is 4.37. The number of nitrogens with one attached hydrogen (secondary N) is 1. The van der Waals surface area contributed by atoms with Gasteiger partial charge in [-0.25, -0.2) is 13.1 Å². The monoisotopic (exact) mass is 295 g/mol. The summed E-state index contributed by atoms with van der Waals surface area (Å²) in [6, 6.07) is 10.1. The van der Waals surface area contributed by atoms with Gasteiger partial charge in [0, 0.05) is 13.7 Å². The Bertz CT molecular complexity index is 632. The molecular formula is C14H17NO4S. The Balaban J connectivity index is 2.07. The Morgan fingerprint density at radius 1 is 1.25 bits per heavy atom. The average Bonchev–Trinajstić information content (AvgIpc) is 2.94. The highest BCUT2D eigenvalue weighted by atomic mass is 32.2. The summed E-state index contributed by atoms with van der Waals surface area (Å²) >= 11 is 0. The lowest BCUT2D eigenvalue weighted by Gasteiger charge is -2.14. The maximum Gasteiger partial charge on any atom is 0.240 e. The molecule has 0 radical (unpaired) electrons. The quantitative estimate of drug-likeness (QED) is 0.887. The lowest BCUT2D eigenvalue weighted by atomic mass is 10.2. The van der Waals surface area contributed by atoms with Crippen molar-refractivity contribution in [3.05, 3.63) is 54.0 Å². The van der Waals surface area contributed by atoms with E-state index in [0.717, 1.165) is 5.56 Å². The third-order valence-electron chi connectivity index (χ3n) is 2.94. The molecule has 5 nitrogen and oxygen atoms in total. The van der Waals surface area contributed by atoms with E-state index in [1.165, 1.54) is 13.4 Å². The van der Waals surface area contributed by atoms with E-state index in [-0.39, 0.29) is 11.4 Å². The van der Waals surface area contributed by atoms with Crippen molar-refractivity contribution in [2.75, 3.05) is 13.7 Å². The molecular weight excluding hydrogens is 278 g/mol. The molecule has 6 heteroatoms. The van der Waals surface area contributed by atoms with Crippen molar-refractivity contribution in [1.82, 2.24) is 4.72 Å². The summed E-state index contributed by atoms with van der Waals surface area (Å²) in [5, 5.41) is 0. The minimum Gasteiger partial charge on any atom is -0.467 e. The average molecular weight is 295 g/mol. The van der Waals surface area contributed by atoms with Crippen LogP contribution in [0, 0.1) is 6.92 Å². The second-order valence-electron chi connectivity index (χ2n) is 4.40. The van der Waals surface area contributed by atoms with E-state index in [0.29, 0.717) is 5.76 Å². The van der Waals surface area contributed by atoms with Crippen LogP contribution in [0.3, 0.4) is 0 Å². The predicted octanol–water partition coefficient (Wildman–Crippen LogP) is 2.25. The van der Waals surface area contributed by atoms with Gasteiger partial charge in [0.2, 0.25) is 10.0 Å². The Hall–Kier alpha value is -1.63. The first-order valence-corrected chi connectivity index (χ1v) is 7.64. The van der Waals surface area contributed by atoms with Crippen molar-refractivity contribution in [2.45, 2.75) is 17.9 Å². The molecule has 0 saturated carbocycles. The van der Waals surface area contributed by atoms with Crippen LogP contribution in [0.25, 0.3) is 0 Å². The van der Waals surface area contributed by atoms with Crippen molar-refractivity contribution in [3.63, 3.8) is 0 Å². The molecule has 0 saturated heterocycles. The molecule has 1 atom stereocenters. The number of hydrogen-bond donors (Lipinski definition) is 1. The Labute approximate surface area is 118 Å². The van der Waals surface area contributed by atoms with Gasteiger partial charge in [0.05, 0.1) is 11.2 Å². The molecule has 20 heavy (non-hydrogen) atoms. The van der Waals surface area contributed by atoms with Crippen LogP contribution < -0.4 is 4.72 Å². The van der Waals surface area contributed by atoms with Gasteiger partial charge in [-0.3, -0.25) is 0 Å². The van der Waals surface area contributed by atoms with Crippen LogP contribution in [-0.2, 0) is 14.8 Å². The van der Waals surface area contributed by atoms with Gasteiger partial charge in [0.15, 0.2) is 0 Å². The number of aryl methyl sites for hydroxylation is 1. The second-order valence-corrected chi connectivity index (χ2v) is 6.17. The molecule has 0 fully saturated rings. The van der Waals surface area contributed by atoms with Crippen LogP contribution in [0.15, 0.2) is 52.0 Å². The summed E-state index contributed by atoms with van der Waals surface area (Å²) in [5.41, 5.74) is 1.01. The van der Waals surface area contributed by atoms with Gasteiger partial charge in [-0.05, 0) is 31.2 Å². The number of rotatable bonds is 6. The molecule has 0 amide bonds. The summed E-state index contributed by atoms with van der Waals surface area (Å²) in [5.74, 6) is 0.583. The molecule has 0 aliphatic heterocycles. The van der Waals surface area contributed by atoms with Crippen LogP contribution >= 0.6 is 0 Å². The van der Waals surface area contributed by atoms with E-state index in [4.69, 9.17) is 9.15 Å². The van der Waals surface area contributed by atoms with Crippen molar-refractivity contribution in [1.29, 1.82) is 0 Å². The molecule has 2 aromatic rings. The van der Waals surface area contributed by atoms with Crippen molar-refractivity contribution in [3.8, 4) is 0 Å². The fourth-order valence-electron chi connectivity index (χ4n) is 1.76. The van der Waals surface area contributed by atoms with Gasteiger partial charge >= 0.3 is 0 Å². The van der Waals surface area contributed by atoms with Crippen molar-refractivity contribution >= 4 is 10.0 Å². The van der Waals surface area contributed by atoms with Gasteiger partial charge < -0.3 is 9.15 Å². The Morgan fingerprint density at radius 2 is 1.95 bits per heavy atom. The van der Waals surface area contributed by atoms with E-state index >= 15 is 0 Å². The standard InChI is InChI=1S/C14H17NO4S/c1-11-5-7-12(8-6-11)20(16,17)15-10-14(18-2)13-4-3-9-19-13/h3-9,14-15H,10H2,1-2H3. The first-order chi connectivity index (χ1) is 9.53. The zero-order chi connectivity index (χ0) is 14.6. The largest absolute Gasteiger partial charge is 0.467 e. The zero-order valence-corrected chi connectivity index (χ0v) is 12.2. The van der Waals surface area contributed by atoms with Crippen LogP contribution in [0.5, 0.6) is 0 Å². The molecule has 2 rings (SSSR count). The number of sulfonamides is 1. The molecule has 1 N–H and O–H groups in total. The van der Waals surface area contributed by atoms with Crippen molar-refractivity contribution in [2.24, 2.45) is 0 Å². The summed E-state index contributed by atoms with van der Waals surface area (Å²) in [7, 11) is -2.04. The third kappa shape index (κ3) is 3.47. The normalized spacial score (nSPS) is 13.3. The highest BCUT2D eigenvalue weighted by Gasteiger charge is 2.19. The van der Waals surface area contributed by atoms with E-state index in [1.54, 1.807) is 36.4 Å². The number of furan rings is 1. The predicted molar refractivity (Wildman–Crippen MR) is 74.8 cm³/mol. The van der Waals surface area contributed by atoms with Crippen molar-refractivity contribution < 1.29 is 17.6 Å². The maximum atomic E-state index is 12.1. The highest BCUT2D eigenvalue weighted by molar-refractivity contribution is 7.89. The second kappa shape index (κ2) is 6.21. The van der Waals surface area contributed by atoms with E-state index in [2.05, 4.69) is 4.72 Å². The molecule has 0 aliphatic rings. The molecule has 1 unspecified atom stereocenters. The van der Waals surface area contributed by atoms with E-state index in [1.807, 2.05) is 6.92 Å². The molecule has 0 bridgehead atoms. The Morgan fingerprint density at radius 3 is 2.50 bits per heavy atom. The summed E-state index contributed by atoms with van der Waals surface area (Å²) in [6.07, 6.45) is 1.07. The molecule has 1 aromatic carbocycles. The fourth-order valence-corrected chi connectivity index (χ4v) is 2.79. The van der Waals surface area contributed by atoms with Crippen LogP contribution in [0.1, 0.15) is 17.4 Å². The van der Waals surface area contributed by atoms with Gasteiger partial charge in [0.25, 0.3) is 0 Å². The zero-order valence-electron chi connectivity index (χ0n) is 11.4. The minimum atomic E-state index is -3.54. The number of hydrogen-bond acceptors (Lipinski definition) is 4. The topological polar surface area (TPSA) is 68.5 Å². The maximum absolute atomic E-state index is 12.1. The molecule has 0 aliphatic carbocycles. The summed E-state index contributed by atoms with van der Waals surface area (Å²) in [6.45, 7) is 2.02. The molecule has 108 valence electrons. The SMILES string of the molecule is COC(CNS(=O)(=O)c1ccc(C)cc1)c1ccco1. The Kier molecular flexibility index (Phi) is 4.59. The summed E-state index contributed by atoms with van der Waals surface area (Å²) in [4.78, 5) is 0.234. The lowest BCUT2D eigenvalue weighted by Crippen LogP contribution is -2.29. The van der Waals surface area contributed by atoms with Gasteiger partial charge in [0.1, 0.15) is 11.9 Å². The minimum absolute atomic E-state index is 0.111. The first-order valence-electron chi connectivity index (χ1n) is 6.15. The van der Waals surface area contributed by atoms with Crippen LogP contribution in [-0.4, -0.2) is 22.1 Å². The molecule has 1 heterocycles. The number of benzene rings is 1. The van der Waals surface area contributed by atoms with Gasteiger partial charge in [-0.2, -0.15) is 0 Å². The van der Waals surface area contributed by atoms with E-state index in [9.17, 15) is 8.42 Å². The highest BCUT2D eigenvalue weighted by Crippen LogP contribution is 2.17. The van der Waals surface area contributed by atoms with Gasteiger partial charge in [-0.15, -0.1) is 0 Å². The van der Waals surface area contributed by atoms with E-state index < -0.39 is 16.1 Å². The van der Waals surface area contributed by atoms with Crippen LogP contribution in [0.4, 0.5) is 0 Å². The smallest absolute Gasteiger partial charge is 0.240 e. The number of methoxy groups -OCH3 is 1. The molecule has 1 aromatic heterocycles. The molecule has 0 spiro atoms.